The Morgan fingerprint density at radius 1 is 1.19 bits per heavy atom. The minimum Gasteiger partial charge on any atom is -0.468 e. The first-order valence-corrected chi connectivity index (χ1v) is 8.85. The van der Waals surface area contributed by atoms with Crippen molar-refractivity contribution < 1.29 is 19.1 Å². The van der Waals surface area contributed by atoms with Gasteiger partial charge in [-0.25, -0.2) is 4.79 Å². The third kappa shape index (κ3) is 5.89. The molecule has 3 N–H and O–H groups in total. The van der Waals surface area contributed by atoms with Gasteiger partial charge in [-0.05, 0) is 17.0 Å². The number of nitrogens with zero attached hydrogens (tertiary/aromatic N) is 1. The molecule has 0 spiro atoms. The molecule has 1 aromatic heterocycles. The second-order valence-electron chi connectivity index (χ2n) is 5.59. The van der Waals surface area contributed by atoms with Crippen LogP contribution in [0.3, 0.4) is 0 Å². The number of carbonyl (C=O) groups is 3. The van der Waals surface area contributed by atoms with Gasteiger partial charge in [0.15, 0.2) is 0 Å². The van der Waals surface area contributed by atoms with Gasteiger partial charge in [0.1, 0.15) is 6.54 Å². The SMILES string of the molecule is COC(=O)CN(Cc1ccccc1)C(=O)CC(NC(N)=O)c1cccs1. The molecule has 2 rings (SSSR count). The van der Waals surface area contributed by atoms with Crippen LogP contribution in [-0.4, -0.2) is 36.5 Å². The van der Waals surface area contributed by atoms with Crippen molar-refractivity contribution in [2.75, 3.05) is 13.7 Å². The molecule has 0 fully saturated rings. The van der Waals surface area contributed by atoms with Crippen molar-refractivity contribution in [2.24, 2.45) is 5.73 Å². The van der Waals surface area contributed by atoms with Crippen LogP contribution < -0.4 is 11.1 Å². The fraction of sp³-hybridized carbons (Fsp3) is 0.278. The number of urea groups is 1. The molecule has 1 aromatic carbocycles. The van der Waals surface area contributed by atoms with E-state index in [2.05, 4.69) is 10.1 Å². The van der Waals surface area contributed by atoms with Crippen molar-refractivity contribution in [1.82, 2.24) is 10.2 Å². The maximum Gasteiger partial charge on any atom is 0.325 e. The molecule has 1 heterocycles. The number of hydrogen-bond acceptors (Lipinski definition) is 5. The van der Waals surface area contributed by atoms with E-state index >= 15 is 0 Å². The summed E-state index contributed by atoms with van der Waals surface area (Å²) in [6, 6.07) is 11.7. The third-order valence-corrected chi connectivity index (χ3v) is 4.68. The quantitative estimate of drug-likeness (QED) is 0.689. The molecular formula is C18H21N3O4S. The number of nitrogens with one attached hydrogen (secondary N) is 1. The second kappa shape index (κ2) is 9.57. The van der Waals surface area contributed by atoms with Crippen molar-refractivity contribution in [3.05, 3.63) is 58.3 Å². The molecule has 0 saturated heterocycles. The monoisotopic (exact) mass is 375 g/mol. The lowest BCUT2D eigenvalue weighted by Gasteiger charge is -2.24. The minimum absolute atomic E-state index is 0.00667. The zero-order chi connectivity index (χ0) is 18.9. The van der Waals surface area contributed by atoms with Gasteiger partial charge in [-0.1, -0.05) is 36.4 Å². The Kier molecular flexibility index (Phi) is 7.16. The Bertz CT molecular complexity index is 734. The molecule has 0 aliphatic rings. The van der Waals surface area contributed by atoms with E-state index in [1.807, 2.05) is 47.8 Å². The molecule has 2 aromatic rings. The first-order chi connectivity index (χ1) is 12.5. The number of primary amides is 1. The maximum absolute atomic E-state index is 12.8. The van der Waals surface area contributed by atoms with Gasteiger partial charge in [0, 0.05) is 11.4 Å². The van der Waals surface area contributed by atoms with Gasteiger partial charge in [0.25, 0.3) is 0 Å². The highest BCUT2D eigenvalue weighted by Gasteiger charge is 2.24. The van der Waals surface area contributed by atoms with Crippen LogP contribution >= 0.6 is 11.3 Å². The fourth-order valence-corrected chi connectivity index (χ4v) is 3.22. The normalized spacial score (nSPS) is 11.4. The molecule has 0 aliphatic heterocycles. The summed E-state index contributed by atoms with van der Waals surface area (Å²) in [5.41, 5.74) is 6.12. The van der Waals surface area contributed by atoms with E-state index < -0.39 is 18.0 Å². The largest absolute Gasteiger partial charge is 0.468 e. The number of esters is 1. The van der Waals surface area contributed by atoms with Gasteiger partial charge in [-0.3, -0.25) is 9.59 Å². The van der Waals surface area contributed by atoms with E-state index in [1.165, 1.54) is 23.3 Å². The van der Waals surface area contributed by atoms with E-state index in [0.29, 0.717) is 0 Å². The molecule has 0 radical (unpaired) electrons. The molecule has 0 saturated carbocycles. The zero-order valence-electron chi connectivity index (χ0n) is 14.4. The Morgan fingerprint density at radius 3 is 2.50 bits per heavy atom. The lowest BCUT2D eigenvalue weighted by Crippen LogP contribution is -2.40. The summed E-state index contributed by atoms with van der Waals surface area (Å²) in [5, 5.41) is 4.44. The summed E-state index contributed by atoms with van der Waals surface area (Å²) in [6.45, 7) is 0.0977. The molecule has 1 atom stereocenters. The number of nitrogens with two attached hydrogens (primary N) is 1. The maximum atomic E-state index is 12.8. The highest BCUT2D eigenvalue weighted by Crippen LogP contribution is 2.23. The van der Waals surface area contributed by atoms with E-state index in [4.69, 9.17) is 5.73 Å². The Balaban J connectivity index is 2.15. The summed E-state index contributed by atoms with van der Waals surface area (Å²) in [5.74, 6) is -0.795. The molecule has 0 bridgehead atoms. The van der Waals surface area contributed by atoms with E-state index in [9.17, 15) is 14.4 Å². The molecular weight excluding hydrogens is 354 g/mol. The lowest BCUT2D eigenvalue weighted by molar-refractivity contribution is -0.147. The standard InChI is InChI=1S/C18H21N3O4S/c1-25-17(23)12-21(11-13-6-3-2-4-7-13)16(22)10-14(20-18(19)24)15-8-5-9-26-15/h2-9,14H,10-12H2,1H3,(H3,19,20,24). The van der Waals surface area contributed by atoms with E-state index in [-0.39, 0.29) is 25.4 Å². The Morgan fingerprint density at radius 2 is 1.92 bits per heavy atom. The van der Waals surface area contributed by atoms with Crippen LogP contribution in [-0.2, 0) is 20.9 Å². The van der Waals surface area contributed by atoms with Crippen molar-refractivity contribution in [1.29, 1.82) is 0 Å². The van der Waals surface area contributed by atoms with Gasteiger partial charge < -0.3 is 20.7 Å². The van der Waals surface area contributed by atoms with Gasteiger partial charge in [0.2, 0.25) is 5.91 Å². The number of methoxy groups -OCH3 is 1. The van der Waals surface area contributed by atoms with Crippen LogP contribution in [0.2, 0.25) is 0 Å². The van der Waals surface area contributed by atoms with Crippen molar-refractivity contribution >= 4 is 29.2 Å². The van der Waals surface area contributed by atoms with Crippen LogP contribution in [0.15, 0.2) is 47.8 Å². The number of rotatable bonds is 8. The predicted molar refractivity (Wildman–Crippen MR) is 98.3 cm³/mol. The zero-order valence-corrected chi connectivity index (χ0v) is 15.2. The highest BCUT2D eigenvalue weighted by molar-refractivity contribution is 7.10. The summed E-state index contributed by atoms with van der Waals surface area (Å²) >= 11 is 1.42. The van der Waals surface area contributed by atoms with Crippen LogP contribution in [0.1, 0.15) is 22.9 Å². The number of hydrogen-bond donors (Lipinski definition) is 2. The van der Waals surface area contributed by atoms with Gasteiger partial charge in [-0.2, -0.15) is 0 Å². The molecule has 1 unspecified atom stereocenters. The molecule has 3 amide bonds. The predicted octanol–water partition coefficient (Wildman–Crippen LogP) is 2.05. The number of ether oxygens (including phenoxy) is 1. The molecule has 0 aliphatic carbocycles. The van der Waals surface area contributed by atoms with Crippen LogP contribution in [0.25, 0.3) is 0 Å². The van der Waals surface area contributed by atoms with Gasteiger partial charge in [-0.15, -0.1) is 11.3 Å². The van der Waals surface area contributed by atoms with Crippen molar-refractivity contribution in [3.63, 3.8) is 0 Å². The second-order valence-corrected chi connectivity index (χ2v) is 6.57. The van der Waals surface area contributed by atoms with E-state index in [1.54, 1.807) is 0 Å². The number of benzene rings is 1. The van der Waals surface area contributed by atoms with Crippen LogP contribution in [0, 0.1) is 0 Å². The summed E-state index contributed by atoms with van der Waals surface area (Å²) < 4.78 is 4.69. The van der Waals surface area contributed by atoms with Gasteiger partial charge >= 0.3 is 12.0 Å². The minimum atomic E-state index is -0.709. The Labute approximate surface area is 155 Å². The third-order valence-electron chi connectivity index (χ3n) is 3.70. The average Bonchev–Trinajstić information content (AvgIpc) is 3.15. The average molecular weight is 375 g/mol. The topological polar surface area (TPSA) is 102 Å². The van der Waals surface area contributed by atoms with Crippen molar-refractivity contribution in [2.45, 2.75) is 19.0 Å². The van der Waals surface area contributed by atoms with Crippen LogP contribution in [0.4, 0.5) is 4.79 Å². The molecule has 26 heavy (non-hydrogen) atoms. The lowest BCUT2D eigenvalue weighted by atomic mass is 10.1. The number of amides is 3. The molecule has 7 nitrogen and oxygen atoms in total. The van der Waals surface area contributed by atoms with Crippen molar-refractivity contribution in [3.8, 4) is 0 Å². The first kappa shape index (κ1) is 19.5. The van der Waals surface area contributed by atoms with Gasteiger partial charge in [0.05, 0.1) is 19.6 Å². The number of thiophene rings is 1. The highest BCUT2D eigenvalue weighted by atomic mass is 32.1. The summed E-state index contributed by atoms with van der Waals surface area (Å²) in [7, 11) is 1.27. The fourth-order valence-electron chi connectivity index (χ4n) is 2.44. The Hall–Kier alpha value is -2.87. The summed E-state index contributed by atoms with van der Waals surface area (Å²) in [6.07, 6.45) is -0.00667. The first-order valence-electron chi connectivity index (χ1n) is 7.97. The molecule has 8 heteroatoms. The van der Waals surface area contributed by atoms with E-state index in [0.717, 1.165) is 10.4 Å². The number of carbonyl (C=O) groups excluding carboxylic acids is 3. The van der Waals surface area contributed by atoms with Crippen LogP contribution in [0.5, 0.6) is 0 Å². The smallest absolute Gasteiger partial charge is 0.325 e. The summed E-state index contributed by atoms with van der Waals surface area (Å²) in [4.78, 5) is 38.0. The molecule has 138 valence electrons.